The molecule has 0 bridgehead atoms. The first-order valence-corrected chi connectivity index (χ1v) is 10.1. The largest absolute Gasteiger partial charge is 0.405 e. The van der Waals surface area contributed by atoms with Crippen molar-refractivity contribution in [3.8, 4) is 0 Å². The number of ether oxygens (including phenoxy) is 1. The van der Waals surface area contributed by atoms with Gasteiger partial charge in [-0.2, -0.15) is 4.31 Å². The zero-order valence-corrected chi connectivity index (χ0v) is 16.0. The lowest BCUT2D eigenvalue weighted by Crippen LogP contribution is -2.39. The molecule has 0 unspecified atom stereocenters. The minimum Gasteiger partial charge on any atom is -0.405 e. The van der Waals surface area contributed by atoms with Crippen molar-refractivity contribution in [2.75, 3.05) is 25.5 Å². The Bertz CT molecular complexity index is 894. The van der Waals surface area contributed by atoms with Gasteiger partial charge in [-0.3, -0.25) is 10.1 Å². The Labute approximate surface area is 157 Å². The van der Waals surface area contributed by atoms with Crippen molar-refractivity contribution in [3.63, 3.8) is 0 Å². The highest BCUT2D eigenvalue weighted by Crippen LogP contribution is 2.23. The van der Waals surface area contributed by atoms with Gasteiger partial charge in [-0.05, 0) is 43.0 Å². The summed E-state index contributed by atoms with van der Waals surface area (Å²) in [7, 11) is -2.06. The van der Waals surface area contributed by atoms with E-state index in [9.17, 15) is 13.2 Å². The van der Waals surface area contributed by atoms with Crippen molar-refractivity contribution < 1.29 is 22.4 Å². The number of nitrogens with one attached hydrogen (secondary N) is 1. The van der Waals surface area contributed by atoms with Gasteiger partial charge in [0.15, 0.2) is 0 Å². The van der Waals surface area contributed by atoms with E-state index in [2.05, 4.69) is 15.5 Å². The van der Waals surface area contributed by atoms with Crippen LogP contribution in [0.3, 0.4) is 0 Å². The maximum absolute atomic E-state index is 12.7. The van der Waals surface area contributed by atoms with Crippen molar-refractivity contribution in [1.29, 1.82) is 0 Å². The van der Waals surface area contributed by atoms with Crippen molar-refractivity contribution in [1.82, 2.24) is 14.5 Å². The van der Waals surface area contributed by atoms with E-state index in [1.54, 1.807) is 0 Å². The quantitative estimate of drug-likeness (QED) is 0.795. The standard InChI is InChI=1S/C17H22N4O5S/c1-12-4-3-9-21(10-12)27(23,24)14-7-5-13(6-8-14)16(22)18-17-20-19-15(26-17)11-25-2/h5-8,12H,3-4,9-11H2,1-2H3,(H,18,20,22)/t12-/m0/s1. The highest BCUT2D eigenvalue weighted by molar-refractivity contribution is 7.89. The lowest BCUT2D eigenvalue weighted by Gasteiger charge is -2.30. The molecule has 1 N–H and O–H groups in total. The first-order chi connectivity index (χ1) is 12.9. The first-order valence-electron chi connectivity index (χ1n) is 8.63. The van der Waals surface area contributed by atoms with Crippen LogP contribution in [0.5, 0.6) is 0 Å². The Morgan fingerprint density at radius 2 is 2.07 bits per heavy atom. The monoisotopic (exact) mass is 394 g/mol. The molecule has 1 amide bonds. The van der Waals surface area contributed by atoms with Gasteiger partial charge >= 0.3 is 6.01 Å². The van der Waals surface area contributed by atoms with Crippen molar-refractivity contribution in [2.45, 2.75) is 31.3 Å². The number of carbonyl (C=O) groups excluding carboxylic acids is 1. The lowest BCUT2D eigenvalue weighted by atomic mass is 10.0. The molecule has 1 aromatic carbocycles. The molecule has 1 saturated heterocycles. The predicted octanol–water partition coefficient (Wildman–Crippen LogP) is 1.89. The predicted molar refractivity (Wildman–Crippen MR) is 96.6 cm³/mol. The summed E-state index contributed by atoms with van der Waals surface area (Å²) in [5, 5.41) is 9.88. The number of sulfonamides is 1. The second kappa shape index (κ2) is 8.15. The number of aromatic nitrogens is 2. The molecule has 10 heteroatoms. The van der Waals surface area contributed by atoms with Crippen LogP contribution in [0.15, 0.2) is 33.6 Å². The maximum atomic E-state index is 12.7. The Kier molecular flexibility index (Phi) is 5.88. The van der Waals surface area contributed by atoms with Gasteiger partial charge in [0, 0.05) is 25.8 Å². The van der Waals surface area contributed by atoms with E-state index in [4.69, 9.17) is 9.15 Å². The topological polar surface area (TPSA) is 115 Å². The van der Waals surface area contributed by atoms with Gasteiger partial charge in [-0.15, -0.1) is 5.10 Å². The number of methoxy groups -OCH3 is 1. The first kappa shape index (κ1) is 19.5. The minimum absolute atomic E-state index is 0.0500. The number of anilines is 1. The van der Waals surface area contributed by atoms with Crippen LogP contribution in [0, 0.1) is 5.92 Å². The molecule has 1 atom stereocenters. The average molecular weight is 394 g/mol. The van der Waals surface area contributed by atoms with Crippen molar-refractivity contribution in [2.24, 2.45) is 5.92 Å². The zero-order chi connectivity index (χ0) is 19.4. The molecule has 1 aromatic heterocycles. The molecular weight excluding hydrogens is 372 g/mol. The molecule has 0 aliphatic carbocycles. The molecule has 1 aliphatic heterocycles. The van der Waals surface area contributed by atoms with E-state index in [1.165, 1.54) is 35.7 Å². The minimum atomic E-state index is -3.55. The van der Waals surface area contributed by atoms with Gasteiger partial charge in [0.2, 0.25) is 15.9 Å². The van der Waals surface area contributed by atoms with Crippen molar-refractivity contribution in [3.05, 3.63) is 35.7 Å². The van der Waals surface area contributed by atoms with Crippen LogP contribution < -0.4 is 5.32 Å². The van der Waals surface area contributed by atoms with E-state index in [0.717, 1.165) is 12.8 Å². The van der Waals surface area contributed by atoms with E-state index < -0.39 is 15.9 Å². The van der Waals surface area contributed by atoms with Crippen LogP contribution in [-0.4, -0.2) is 49.0 Å². The molecule has 1 aliphatic rings. The molecule has 1 fully saturated rings. The van der Waals surface area contributed by atoms with Crippen LogP contribution >= 0.6 is 0 Å². The Hall–Kier alpha value is -2.30. The summed E-state index contributed by atoms with van der Waals surface area (Å²) >= 11 is 0. The highest BCUT2D eigenvalue weighted by atomic mass is 32.2. The van der Waals surface area contributed by atoms with Gasteiger partial charge in [-0.25, -0.2) is 8.42 Å². The number of amides is 1. The summed E-state index contributed by atoms with van der Waals surface area (Å²) in [5.74, 6) is 0.110. The van der Waals surface area contributed by atoms with Crippen LogP contribution in [0.1, 0.15) is 36.0 Å². The molecule has 3 rings (SSSR count). The van der Waals surface area contributed by atoms with Crippen LogP contribution in [-0.2, 0) is 21.4 Å². The van der Waals surface area contributed by atoms with Gasteiger partial charge in [0.1, 0.15) is 6.61 Å². The molecule has 0 spiro atoms. The van der Waals surface area contributed by atoms with Crippen LogP contribution in [0.2, 0.25) is 0 Å². The van der Waals surface area contributed by atoms with Gasteiger partial charge in [0.25, 0.3) is 5.91 Å². The van der Waals surface area contributed by atoms with E-state index >= 15 is 0 Å². The third kappa shape index (κ3) is 4.52. The number of rotatable bonds is 6. The average Bonchev–Trinajstić information content (AvgIpc) is 3.09. The molecule has 9 nitrogen and oxygen atoms in total. The number of piperidine rings is 1. The summed E-state index contributed by atoms with van der Waals surface area (Å²) < 4.78 is 37.1. The fraction of sp³-hybridized carbons (Fsp3) is 0.471. The fourth-order valence-electron chi connectivity index (χ4n) is 2.95. The molecule has 146 valence electrons. The van der Waals surface area contributed by atoms with Gasteiger partial charge in [0.05, 0.1) is 4.90 Å². The summed E-state index contributed by atoms with van der Waals surface area (Å²) in [6.45, 7) is 3.23. The normalized spacial score (nSPS) is 18.4. The summed E-state index contributed by atoms with van der Waals surface area (Å²) in [5.41, 5.74) is 0.285. The van der Waals surface area contributed by atoms with E-state index in [1.807, 2.05) is 6.92 Å². The third-order valence-corrected chi connectivity index (χ3v) is 6.21. The van der Waals surface area contributed by atoms with Crippen LogP contribution in [0.4, 0.5) is 6.01 Å². The maximum Gasteiger partial charge on any atom is 0.322 e. The molecule has 0 saturated carbocycles. The fourth-order valence-corrected chi connectivity index (χ4v) is 4.55. The smallest absolute Gasteiger partial charge is 0.322 e. The molecule has 27 heavy (non-hydrogen) atoms. The number of hydrogen-bond donors (Lipinski definition) is 1. The Morgan fingerprint density at radius 1 is 1.33 bits per heavy atom. The van der Waals surface area contributed by atoms with Gasteiger partial charge in [-0.1, -0.05) is 12.0 Å². The molecule has 0 radical (unpaired) electrons. The zero-order valence-electron chi connectivity index (χ0n) is 15.2. The second-order valence-electron chi connectivity index (χ2n) is 6.52. The van der Waals surface area contributed by atoms with E-state index in [-0.39, 0.29) is 29.0 Å². The molecular formula is C17H22N4O5S. The van der Waals surface area contributed by atoms with E-state index in [0.29, 0.717) is 19.0 Å². The SMILES string of the molecule is COCc1nnc(NC(=O)c2ccc(S(=O)(=O)N3CCC[C@H](C)C3)cc2)o1. The number of nitrogens with zero attached hydrogens (tertiary/aromatic N) is 3. The van der Waals surface area contributed by atoms with Crippen LogP contribution in [0.25, 0.3) is 0 Å². The number of hydrogen-bond acceptors (Lipinski definition) is 7. The van der Waals surface area contributed by atoms with Crippen molar-refractivity contribution >= 4 is 21.9 Å². The molecule has 2 heterocycles. The lowest BCUT2D eigenvalue weighted by molar-refractivity contribution is 0.102. The highest BCUT2D eigenvalue weighted by Gasteiger charge is 2.28. The van der Waals surface area contributed by atoms with Gasteiger partial charge < -0.3 is 9.15 Å². The summed E-state index contributed by atoms with van der Waals surface area (Å²) in [6.07, 6.45) is 1.89. The Balaban J connectivity index is 1.69. The second-order valence-corrected chi connectivity index (χ2v) is 8.46. The molecule has 2 aromatic rings. The summed E-state index contributed by atoms with van der Waals surface area (Å²) in [4.78, 5) is 12.4. The Morgan fingerprint density at radius 3 is 2.74 bits per heavy atom. The third-order valence-electron chi connectivity index (χ3n) is 4.33. The summed E-state index contributed by atoms with van der Waals surface area (Å²) in [6, 6.07) is 5.75. The number of carbonyl (C=O) groups is 1. The number of benzene rings is 1.